The number of thiazole rings is 1. The van der Waals surface area contributed by atoms with E-state index in [-0.39, 0.29) is 5.01 Å². The molecule has 0 aliphatic carbocycles. The molecule has 0 radical (unpaired) electrons. The number of aryl methyl sites for hydroxylation is 1. The maximum absolute atomic E-state index is 11.1. The Kier molecular flexibility index (Phi) is 4.12. The third-order valence-electron chi connectivity index (χ3n) is 4.52. The van der Waals surface area contributed by atoms with Gasteiger partial charge in [-0.05, 0) is 25.0 Å². The van der Waals surface area contributed by atoms with Crippen LogP contribution in [0.2, 0.25) is 0 Å². The number of carbonyl (C=O) groups is 1. The highest BCUT2D eigenvalue weighted by molar-refractivity contribution is 7.16. The normalized spacial score (nSPS) is 15.5. The molecule has 1 aliphatic rings. The highest BCUT2D eigenvalue weighted by Crippen LogP contribution is 2.32. The third-order valence-corrected chi connectivity index (χ3v) is 5.52. The fourth-order valence-electron chi connectivity index (χ4n) is 3.26. The minimum absolute atomic E-state index is 0.0722. The van der Waals surface area contributed by atoms with E-state index in [9.17, 15) is 4.79 Å². The van der Waals surface area contributed by atoms with Crippen molar-refractivity contribution in [1.82, 2.24) is 19.7 Å². The van der Waals surface area contributed by atoms with Crippen molar-refractivity contribution in [3.05, 3.63) is 23.3 Å². The number of fused-ring (bicyclic) bond motifs is 1. The Morgan fingerprint density at radius 1 is 1.20 bits per heavy atom. The highest BCUT2D eigenvalue weighted by Gasteiger charge is 2.18. The van der Waals surface area contributed by atoms with Crippen LogP contribution in [0.4, 0.5) is 5.82 Å². The predicted molar refractivity (Wildman–Crippen MR) is 97.3 cm³/mol. The first-order valence-electron chi connectivity index (χ1n) is 8.41. The molecule has 4 heterocycles. The van der Waals surface area contributed by atoms with Crippen LogP contribution in [0.3, 0.4) is 0 Å². The van der Waals surface area contributed by atoms with E-state index in [1.165, 1.54) is 25.7 Å². The SMILES string of the molecule is Cn1nc(-c2cnc(C(=O)O)s2)c2ccc(N3CCCCCC3)nc21. The molecule has 0 bridgehead atoms. The van der Waals surface area contributed by atoms with Crippen LogP contribution in [0.5, 0.6) is 0 Å². The smallest absolute Gasteiger partial charge is 0.365 e. The summed E-state index contributed by atoms with van der Waals surface area (Å²) in [6.45, 7) is 2.08. The summed E-state index contributed by atoms with van der Waals surface area (Å²) in [5.74, 6) is -0.0301. The number of nitrogens with zero attached hydrogens (tertiary/aromatic N) is 5. The van der Waals surface area contributed by atoms with Crippen LogP contribution in [0.15, 0.2) is 18.3 Å². The van der Waals surface area contributed by atoms with Gasteiger partial charge in [-0.15, -0.1) is 11.3 Å². The molecule has 1 saturated heterocycles. The number of carboxylic acids is 1. The number of carboxylic acid groups (broad SMARTS) is 1. The molecule has 1 N–H and O–H groups in total. The lowest BCUT2D eigenvalue weighted by Gasteiger charge is -2.21. The van der Waals surface area contributed by atoms with Crippen molar-refractivity contribution in [1.29, 1.82) is 0 Å². The van der Waals surface area contributed by atoms with E-state index in [0.717, 1.165) is 51.8 Å². The number of aromatic carboxylic acids is 1. The van der Waals surface area contributed by atoms with Crippen molar-refractivity contribution in [2.24, 2.45) is 7.05 Å². The van der Waals surface area contributed by atoms with Gasteiger partial charge in [-0.2, -0.15) is 5.10 Å². The molecule has 4 rings (SSSR count). The van der Waals surface area contributed by atoms with E-state index in [1.54, 1.807) is 10.9 Å². The molecule has 130 valence electrons. The topological polar surface area (TPSA) is 84.1 Å². The summed E-state index contributed by atoms with van der Waals surface area (Å²) in [5, 5.41) is 14.6. The molecule has 3 aromatic rings. The fourth-order valence-corrected chi connectivity index (χ4v) is 4.02. The number of aromatic nitrogens is 4. The van der Waals surface area contributed by atoms with Gasteiger partial charge in [0.05, 0.1) is 4.88 Å². The van der Waals surface area contributed by atoms with Gasteiger partial charge in [0.25, 0.3) is 0 Å². The second-order valence-electron chi connectivity index (χ2n) is 6.25. The minimum Gasteiger partial charge on any atom is -0.476 e. The third kappa shape index (κ3) is 2.97. The zero-order chi connectivity index (χ0) is 17.4. The Morgan fingerprint density at radius 3 is 2.64 bits per heavy atom. The molecule has 0 atom stereocenters. The van der Waals surface area contributed by atoms with Gasteiger partial charge < -0.3 is 10.0 Å². The summed E-state index contributed by atoms with van der Waals surface area (Å²) in [7, 11) is 1.87. The molecule has 1 aliphatic heterocycles. The average Bonchev–Trinajstić information content (AvgIpc) is 3.11. The largest absolute Gasteiger partial charge is 0.476 e. The second-order valence-corrected chi connectivity index (χ2v) is 7.28. The Labute approximate surface area is 148 Å². The van der Waals surface area contributed by atoms with Crippen LogP contribution >= 0.6 is 11.3 Å². The monoisotopic (exact) mass is 357 g/mol. The summed E-state index contributed by atoms with van der Waals surface area (Å²) >= 11 is 1.13. The van der Waals surface area contributed by atoms with Gasteiger partial charge in [-0.25, -0.2) is 19.4 Å². The number of hydrogen-bond donors (Lipinski definition) is 1. The maximum Gasteiger partial charge on any atom is 0.365 e. The van der Waals surface area contributed by atoms with Crippen molar-refractivity contribution >= 4 is 34.2 Å². The van der Waals surface area contributed by atoms with E-state index >= 15 is 0 Å². The van der Waals surface area contributed by atoms with Gasteiger partial charge in [-0.3, -0.25) is 0 Å². The molecule has 7 nitrogen and oxygen atoms in total. The van der Waals surface area contributed by atoms with Gasteiger partial charge in [0.1, 0.15) is 11.5 Å². The van der Waals surface area contributed by atoms with Crippen molar-refractivity contribution in [3.63, 3.8) is 0 Å². The van der Waals surface area contributed by atoms with Gasteiger partial charge in [0.15, 0.2) is 5.65 Å². The molecular weight excluding hydrogens is 338 g/mol. The molecule has 1 fully saturated rings. The molecule has 0 unspecified atom stereocenters. The van der Waals surface area contributed by atoms with Crippen LogP contribution < -0.4 is 4.90 Å². The molecular formula is C17H19N5O2S. The lowest BCUT2D eigenvalue weighted by Crippen LogP contribution is -2.24. The first-order valence-corrected chi connectivity index (χ1v) is 9.23. The van der Waals surface area contributed by atoms with Crippen LogP contribution in [-0.4, -0.2) is 43.9 Å². The molecule has 8 heteroatoms. The molecule has 0 saturated carbocycles. The van der Waals surface area contributed by atoms with Crippen molar-refractivity contribution < 1.29 is 9.90 Å². The van der Waals surface area contributed by atoms with Gasteiger partial charge >= 0.3 is 5.97 Å². The summed E-state index contributed by atoms with van der Waals surface area (Å²) in [4.78, 5) is 22.9. The van der Waals surface area contributed by atoms with Crippen LogP contribution in [0.25, 0.3) is 21.6 Å². The van der Waals surface area contributed by atoms with Crippen LogP contribution in [-0.2, 0) is 7.05 Å². The number of rotatable bonds is 3. The summed E-state index contributed by atoms with van der Waals surface area (Å²) < 4.78 is 1.76. The Balaban J connectivity index is 1.74. The summed E-state index contributed by atoms with van der Waals surface area (Å²) in [6, 6.07) is 4.07. The molecule has 0 spiro atoms. The van der Waals surface area contributed by atoms with E-state index < -0.39 is 5.97 Å². The molecule has 0 aromatic carbocycles. The van der Waals surface area contributed by atoms with E-state index in [4.69, 9.17) is 10.1 Å². The number of anilines is 1. The molecule has 25 heavy (non-hydrogen) atoms. The maximum atomic E-state index is 11.1. The molecule has 0 amide bonds. The van der Waals surface area contributed by atoms with Gasteiger partial charge in [0, 0.05) is 31.7 Å². The predicted octanol–water partition coefficient (Wildman–Crippen LogP) is 3.17. The Bertz CT molecular complexity index is 924. The summed E-state index contributed by atoms with van der Waals surface area (Å²) in [5.41, 5.74) is 1.54. The van der Waals surface area contributed by atoms with E-state index in [0.29, 0.717) is 0 Å². The fraction of sp³-hybridized carbons (Fsp3) is 0.412. The van der Waals surface area contributed by atoms with Crippen LogP contribution in [0.1, 0.15) is 35.5 Å². The van der Waals surface area contributed by atoms with Crippen molar-refractivity contribution in [2.45, 2.75) is 25.7 Å². The van der Waals surface area contributed by atoms with Gasteiger partial charge in [-0.1, -0.05) is 12.8 Å². The zero-order valence-corrected chi connectivity index (χ0v) is 14.8. The lowest BCUT2D eigenvalue weighted by molar-refractivity contribution is 0.0696. The Morgan fingerprint density at radius 2 is 1.96 bits per heavy atom. The Hall–Kier alpha value is -2.48. The van der Waals surface area contributed by atoms with Gasteiger partial charge in [0.2, 0.25) is 5.01 Å². The van der Waals surface area contributed by atoms with Crippen molar-refractivity contribution in [2.75, 3.05) is 18.0 Å². The lowest BCUT2D eigenvalue weighted by atomic mass is 10.2. The number of hydrogen-bond acceptors (Lipinski definition) is 6. The zero-order valence-electron chi connectivity index (χ0n) is 14.0. The summed E-state index contributed by atoms with van der Waals surface area (Å²) in [6.07, 6.45) is 6.54. The minimum atomic E-state index is -1.02. The second kappa shape index (κ2) is 6.44. The highest BCUT2D eigenvalue weighted by atomic mass is 32.1. The standard InChI is InChI=1S/C17H19N5O2S/c1-21-15-11(14(20-21)12-10-18-16(25-12)17(23)24)6-7-13(19-15)22-8-4-2-3-5-9-22/h6-7,10H,2-5,8-9H2,1H3,(H,23,24). The van der Waals surface area contributed by atoms with E-state index in [1.807, 2.05) is 19.2 Å². The number of pyridine rings is 1. The van der Waals surface area contributed by atoms with Crippen molar-refractivity contribution in [3.8, 4) is 10.6 Å². The molecule has 3 aromatic heterocycles. The quantitative estimate of drug-likeness (QED) is 0.775. The first-order chi connectivity index (χ1) is 12.1. The average molecular weight is 357 g/mol. The van der Waals surface area contributed by atoms with E-state index in [2.05, 4.69) is 15.0 Å². The van der Waals surface area contributed by atoms with Crippen LogP contribution in [0, 0.1) is 0 Å². The first kappa shape index (κ1) is 16.0.